The largest absolute Gasteiger partial charge is 0.496 e. The van der Waals surface area contributed by atoms with Gasteiger partial charge in [-0.2, -0.15) is 10.5 Å². The van der Waals surface area contributed by atoms with Crippen LogP contribution in [-0.4, -0.2) is 7.11 Å². The molecule has 0 saturated carbocycles. The van der Waals surface area contributed by atoms with E-state index in [0.717, 1.165) is 38.9 Å². The number of thioether (sulfide) groups is 2. The molecule has 0 radical (unpaired) electrons. The van der Waals surface area contributed by atoms with Crippen LogP contribution in [0, 0.1) is 28.3 Å². The smallest absolute Gasteiger partial charge is 0.138 e. The van der Waals surface area contributed by atoms with Crippen molar-refractivity contribution in [2.45, 2.75) is 16.7 Å². The van der Waals surface area contributed by atoms with Gasteiger partial charge in [-0.3, -0.25) is 0 Å². The molecule has 0 aliphatic rings. The molecule has 0 atom stereocenters. The van der Waals surface area contributed by atoms with Gasteiger partial charge in [-0.25, -0.2) is 0 Å². The quantitative estimate of drug-likeness (QED) is 0.596. The summed E-state index contributed by atoms with van der Waals surface area (Å²) in [5, 5.41) is 21.3. The fraction of sp³-hybridized carbons (Fsp3) is 0.200. The van der Waals surface area contributed by atoms with E-state index in [-0.39, 0.29) is 0 Å². The second-order valence-corrected chi connectivity index (χ2v) is 4.23. The molecule has 0 bridgehead atoms. The lowest BCUT2D eigenvalue weighted by atomic mass is 10.2. The molecular weight excluding hydrogens is 228 g/mol. The lowest BCUT2D eigenvalue weighted by Gasteiger charge is -2.10. The second-order valence-electron chi connectivity index (χ2n) is 2.61. The summed E-state index contributed by atoms with van der Waals surface area (Å²) in [6.07, 6.45) is 0. The number of methoxy groups -OCH3 is 1. The van der Waals surface area contributed by atoms with E-state index in [9.17, 15) is 0 Å². The number of hydrogen-bond donors (Lipinski definition) is 0. The molecular formula is C10H8N2OS2. The fourth-order valence-electron chi connectivity index (χ4n) is 1.14. The number of benzene rings is 1. The van der Waals surface area contributed by atoms with Crippen LogP contribution < -0.4 is 4.74 Å². The number of nitriles is 2. The van der Waals surface area contributed by atoms with Gasteiger partial charge in [0.05, 0.1) is 12.0 Å². The molecule has 5 heteroatoms. The first-order valence-corrected chi connectivity index (χ1v) is 5.67. The minimum absolute atomic E-state index is 0.668. The molecule has 76 valence electrons. The van der Waals surface area contributed by atoms with Gasteiger partial charge >= 0.3 is 0 Å². The van der Waals surface area contributed by atoms with Crippen LogP contribution in [0.1, 0.15) is 5.56 Å². The Kier molecular flexibility index (Phi) is 4.36. The van der Waals surface area contributed by atoms with Crippen LogP contribution in [0.5, 0.6) is 5.75 Å². The Balaban J connectivity index is 3.25. The number of nitrogens with zero attached hydrogens (tertiary/aromatic N) is 2. The van der Waals surface area contributed by atoms with Crippen molar-refractivity contribution in [3.05, 3.63) is 17.7 Å². The van der Waals surface area contributed by atoms with E-state index in [1.54, 1.807) is 13.2 Å². The van der Waals surface area contributed by atoms with Crippen molar-refractivity contribution in [3.8, 4) is 16.6 Å². The van der Waals surface area contributed by atoms with Crippen molar-refractivity contribution in [1.82, 2.24) is 0 Å². The van der Waals surface area contributed by atoms with Gasteiger partial charge in [0.1, 0.15) is 16.6 Å². The van der Waals surface area contributed by atoms with Crippen LogP contribution in [0.25, 0.3) is 0 Å². The summed E-state index contributed by atoms with van der Waals surface area (Å²) >= 11 is 2.14. The number of rotatable bonds is 3. The first kappa shape index (κ1) is 11.8. The highest BCUT2D eigenvalue weighted by molar-refractivity contribution is 8.04. The molecule has 0 aliphatic heterocycles. The summed E-state index contributed by atoms with van der Waals surface area (Å²) in [5.74, 6) is 0.668. The van der Waals surface area contributed by atoms with Crippen LogP contribution in [0.2, 0.25) is 0 Å². The van der Waals surface area contributed by atoms with Crippen molar-refractivity contribution < 1.29 is 4.74 Å². The highest BCUT2D eigenvalue weighted by atomic mass is 32.2. The maximum Gasteiger partial charge on any atom is 0.138 e. The Hall–Kier alpha value is -1.30. The minimum Gasteiger partial charge on any atom is -0.496 e. The predicted octanol–water partition coefficient (Wildman–Crippen LogP) is 3.15. The third-order valence-electron chi connectivity index (χ3n) is 1.84. The van der Waals surface area contributed by atoms with E-state index in [0.29, 0.717) is 5.75 Å². The summed E-state index contributed by atoms with van der Waals surface area (Å²) in [6.45, 7) is 1.88. The average molecular weight is 236 g/mol. The van der Waals surface area contributed by atoms with Crippen molar-refractivity contribution in [2.24, 2.45) is 0 Å². The number of ether oxygens (including phenoxy) is 1. The van der Waals surface area contributed by atoms with Crippen LogP contribution in [-0.2, 0) is 0 Å². The third kappa shape index (κ3) is 2.59. The lowest BCUT2D eigenvalue weighted by Crippen LogP contribution is -1.90. The van der Waals surface area contributed by atoms with Crippen molar-refractivity contribution in [3.63, 3.8) is 0 Å². The summed E-state index contributed by atoms with van der Waals surface area (Å²) < 4.78 is 5.15. The van der Waals surface area contributed by atoms with Gasteiger partial charge in [-0.05, 0) is 48.1 Å². The van der Waals surface area contributed by atoms with Gasteiger partial charge < -0.3 is 4.74 Å². The van der Waals surface area contributed by atoms with E-state index in [1.165, 1.54) is 0 Å². The first-order chi connectivity index (χ1) is 7.24. The monoisotopic (exact) mass is 236 g/mol. The maximum absolute atomic E-state index is 8.67. The Morgan fingerprint density at radius 1 is 1.20 bits per heavy atom. The third-order valence-corrected chi connectivity index (χ3v) is 3.40. The van der Waals surface area contributed by atoms with E-state index in [2.05, 4.69) is 0 Å². The van der Waals surface area contributed by atoms with Crippen LogP contribution in [0.15, 0.2) is 21.9 Å². The standard InChI is InChI=1S/C10H8N2OS2/c1-7-9(14-5-11)4-3-8(13-2)10(7)15-6-12/h3-4H,1-2H3. The number of hydrogen-bond acceptors (Lipinski definition) is 5. The molecule has 0 aliphatic carbocycles. The van der Waals surface area contributed by atoms with Crippen molar-refractivity contribution in [1.29, 1.82) is 10.5 Å². The zero-order valence-corrected chi connectivity index (χ0v) is 9.91. The van der Waals surface area contributed by atoms with Gasteiger partial charge in [0.15, 0.2) is 0 Å². The first-order valence-electron chi connectivity index (χ1n) is 4.04. The molecule has 0 amide bonds. The van der Waals surface area contributed by atoms with Crippen LogP contribution >= 0.6 is 23.5 Å². The van der Waals surface area contributed by atoms with E-state index < -0.39 is 0 Å². The van der Waals surface area contributed by atoms with Crippen molar-refractivity contribution in [2.75, 3.05) is 7.11 Å². The Labute approximate surface area is 97.0 Å². The van der Waals surface area contributed by atoms with Crippen LogP contribution in [0.4, 0.5) is 0 Å². The topological polar surface area (TPSA) is 56.8 Å². The molecule has 0 unspecified atom stereocenters. The molecule has 0 spiro atoms. The molecule has 1 aromatic carbocycles. The summed E-state index contributed by atoms with van der Waals surface area (Å²) in [6, 6.07) is 3.59. The normalized spacial score (nSPS) is 9.07. The molecule has 0 N–H and O–H groups in total. The second kappa shape index (κ2) is 5.55. The van der Waals surface area contributed by atoms with Gasteiger partial charge in [0.2, 0.25) is 0 Å². The van der Waals surface area contributed by atoms with Crippen LogP contribution in [0.3, 0.4) is 0 Å². The zero-order valence-electron chi connectivity index (χ0n) is 8.27. The maximum atomic E-state index is 8.67. The SMILES string of the molecule is COc1ccc(SC#N)c(C)c1SC#N. The van der Waals surface area contributed by atoms with Crippen molar-refractivity contribution >= 4 is 23.5 Å². The fourth-order valence-corrected chi connectivity index (χ4v) is 2.30. The predicted molar refractivity (Wildman–Crippen MR) is 60.7 cm³/mol. The molecule has 0 saturated heterocycles. The minimum atomic E-state index is 0.668. The van der Waals surface area contributed by atoms with E-state index >= 15 is 0 Å². The Morgan fingerprint density at radius 2 is 1.87 bits per heavy atom. The summed E-state index contributed by atoms with van der Waals surface area (Å²) in [5.41, 5.74) is 0.910. The van der Waals surface area contributed by atoms with Gasteiger partial charge in [-0.15, -0.1) is 0 Å². The molecule has 3 nitrogen and oxygen atoms in total. The molecule has 0 heterocycles. The summed E-state index contributed by atoms with van der Waals surface area (Å²) in [7, 11) is 1.56. The lowest BCUT2D eigenvalue weighted by molar-refractivity contribution is 0.403. The zero-order chi connectivity index (χ0) is 11.3. The van der Waals surface area contributed by atoms with Gasteiger partial charge in [0, 0.05) is 4.90 Å². The highest BCUT2D eigenvalue weighted by Gasteiger charge is 2.11. The summed E-state index contributed by atoms with van der Waals surface area (Å²) in [4.78, 5) is 1.64. The number of thiocyanates is 2. The molecule has 1 aromatic rings. The Morgan fingerprint density at radius 3 is 2.40 bits per heavy atom. The van der Waals surface area contributed by atoms with Gasteiger partial charge in [0.25, 0.3) is 0 Å². The molecule has 0 aromatic heterocycles. The van der Waals surface area contributed by atoms with Gasteiger partial charge in [-0.1, -0.05) is 0 Å². The molecule has 1 rings (SSSR count). The van der Waals surface area contributed by atoms with E-state index in [1.807, 2.05) is 23.8 Å². The average Bonchev–Trinajstić information content (AvgIpc) is 2.25. The Bertz CT molecular complexity index is 446. The molecule has 15 heavy (non-hydrogen) atoms. The van der Waals surface area contributed by atoms with E-state index in [4.69, 9.17) is 15.3 Å². The molecule has 0 fully saturated rings. The highest BCUT2D eigenvalue weighted by Crippen LogP contribution is 2.37.